The van der Waals surface area contributed by atoms with Crippen LogP contribution in [0.5, 0.6) is 11.6 Å². The first-order valence-electron chi connectivity index (χ1n) is 6.41. The van der Waals surface area contributed by atoms with Crippen molar-refractivity contribution in [2.45, 2.75) is 12.8 Å². The van der Waals surface area contributed by atoms with E-state index >= 15 is 0 Å². The predicted molar refractivity (Wildman–Crippen MR) is 75.4 cm³/mol. The summed E-state index contributed by atoms with van der Waals surface area (Å²) in [7, 11) is 4.18. The van der Waals surface area contributed by atoms with Crippen molar-refractivity contribution in [2.24, 2.45) is 0 Å². The van der Waals surface area contributed by atoms with Gasteiger partial charge in [-0.15, -0.1) is 0 Å². The Morgan fingerprint density at radius 2 is 2.11 bits per heavy atom. The van der Waals surface area contributed by atoms with Crippen LogP contribution in [0.15, 0.2) is 42.9 Å². The van der Waals surface area contributed by atoms with Gasteiger partial charge in [0.15, 0.2) is 0 Å². The molecule has 19 heavy (non-hydrogen) atoms. The average molecular weight is 257 g/mol. The van der Waals surface area contributed by atoms with Crippen molar-refractivity contribution in [2.75, 3.05) is 20.6 Å². The van der Waals surface area contributed by atoms with E-state index < -0.39 is 0 Å². The van der Waals surface area contributed by atoms with Crippen LogP contribution in [0.4, 0.5) is 0 Å². The van der Waals surface area contributed by atoms with Crippen molar-refractivity contribution in [3.8, 4) is 11.6 Å². The molecule has 0 aliphatic heterocycles. The molecule has 0 atom stereocenters. The minimum Gasteiger partial charge on any atom is -0.437 e. The highest BCUT2D eigenvalue weighted by atomic mass is 16.5. The molecule has 0 aliphatic carbocycles. The Balaban J connectivity index is 1.95. The molecule has 0 radical (unpaired) electrons. The van der Waals surface area contributed by atoms with Crippen molar-refractivity contribution in [1.29, 1.82) is 0 Å². The van der Waals surface area contributed by atoms with Gasteiger partial charge in [0.1, 0.15) is 5.75 Å². The highest BCUT2D eigenvalue weighted by molar-refractivity contribution is 5.31. The van der Waals surface area contributed by atoms with Crippen LogP contribution in [0, 0.1) is 0 Å². The maximum atomic E-state index is 5.66. The first kappa shape index (κ1) is 13.5. The highest BCUT2D eigenvalue weighted by Crippen LogP contribution is 2.20. The van der Waals surface area contributed by atoms with E-state index in [0.717, 1.165) is 25.1 Å². The molecule has 2 aromatic rings. The second-order valence-corrected chi connectivity index (χ2v) is 4.70. The van der Waals surface area contributed by atoms with Crippen molar-refractivity contribution in [3.05, 3.63) is 48.4 Å². The van der Waals surface area contributed by atoms with Crippen molar-refractivity contribution >= 4 is 0 Å². The van der Waals surface area contributed by atoms with Gasteiger partial charge >= 0.3 is 0 Å². The van der Waals surface area contributed by atoms with E-state index in [1.807, 2.05) is 12.1 Å². The number of nitrogens with zero attached hydrogens (tertiary/aromatic N) is 3. The lowest BCUT2D eigenvalue weighted by atomic mass is 10.1. The monoisotopic (exact) mass is 257 g/mol. The van der Waals surface area contributed by atoms with Gasteiger partial charge < -0.3 is 9.64 Å². The van der Waals surface area contributed by atoms with Crippen LogP contribution in [0.25, 0.3) is 0 Å². The molecule has 0 aliphatic rings. The molecule has 0 amide bonds. The zero-order chi connectivity index (χ0) is 13.5. The van der Waals surface area contributed by atoms with Crippen molar-refractivity contribution in [1.82, 2.24) is 14.9 Å². The molecule has 0 saturated heterocycles. The minimum atomic E-state index is 0.521. The summed E-state index contributed by atoms with van der Waals surface area (Å²) in [4.78, 5) is 10.3. The van der Waals surface area contributed by atoms with Gasteiger partial charge in [0.2, 0.25) is 5.88 Å². The van der Waals surface area contributed by atoms with Gasteiger partial charge in [-0.05, 0) is 51.2 Å². The molecule has 0 saturated carbocycles. The molecule has 1 aromatic carbocycles. The quantitative estimate of drug-likeness (QED) is 0.797. The van der Waals surface area contributed by atoms with Crippen LogP contribution >= 0.6 is 0 Å². The fourth-order valence-corrected chi connectivity index (χ4v) is 1.82. The van der Waals surface area contributed by atoms with Crippen molar-refractivity contribution in [3.63, 3.8) is 0 Å². The Morgan fingerprint density at radius 3 is 2.84 bits per heavy atom. The number of benzene rings is 1. The topological polar surface area (TPSA) is 38.2 Å². The smallest absolute Gasteiger partial charge is 0.237 e. The van der Waals surface area contributed by atoms with Crippen LogP contribution < -0.4 is 4.74 Å². The normalized spacial score (nSPS) is 10.7. The summed E-state index contributed by atoms with van der Waals surface area (Å²) in [6.45, 7) is 1.09. The molecule has 4 nitrogen and oxygen atoms in total. The third-order valence-electron chi connectivity index (χ3n) is 2.73. The molecule has 1 heterocycles. The Labute approximate surface area is 114 Å². The van der Waals surface area contributed by atoms with Crippen LogP contribution in [0.1, 0.15) is 12.0 Å². The summed E-state index contributed by atoms with van der Waals surface area (Å²) in [6.07, 6.45) is 7.05. The Kier molecular flexibility index (Phi) is 4.86. The first-order valence-corrected chi connectivity index (χ1v) is 6.41. The fourth-order valence-electron chi connectivity index (χ4n) is 1.82. The molecule has 0 N–H and O–H groups in total. The molecule has 0 unspecified atom stereocenters. The average Bonchev–Trinajstić information content (AvgIpc) is 2.40. The van der Waals surface area contributed by atoms with E-state index in [1.54, 1.807) is 18.6 Å². The van der Waals surface area contributed by atoms with Gasteiger partial charge in [0, 0.05) is 12.4 Å². The van der Waals surface area contributed by atoms with Crippen LogP contribution in [0.2, 0.25) is 0 Å². The van der Waals surface area contributed by atoms with E-state index in [1.165, 1.54) is 5.56 Å². The largest absolute Gasteiger partial charge is 0.437 e. The predicted octanol–water partition coefficient (Wildman–Crippen LogP) is 2.76. The molecule has 0 fully saturated rings. The Bertz CT molecular complexity index is 500. The third kappa shape index (κ3) is 4.67. The molecule has 1 aromatic heterocycles. The summed E-state index contributed by atoms with van der Waals surface area (Å²) < 4.78 is 5.66. The number of rotatable bonds is 6. The van der Waals surface area contributed by atoms with E-state index in [-0.39, 0.29) is 0 Å². The molecule has 0 spiro atoms. The van der Waals surface area contributed by atoms with Gasteiger partial charge in [-0.25, -0.2) is 4.98 Å². The van der Waals surface area contributed by atoms with Gasteiger partial charge in [-0.3, -0.25) is 4.98 Å². The van der Waals surface area contributed by atoms with Gasteiger partial charge in [0.25, 0.3) is 0 Å². The Hall–Kier alpha value is -1.94. The molecular weight excluding hydrogens is 238 g/mol. The van der Waals surface area contributed by atoms with Gasteiger partial charge in [0.05, 0.1) is 6.20 Å². The zero-order valence-corrected chi connectivity index (χ0v) is 11.4. The minimum absolute atomic E-state index is 0.521. The van der Waals surface area contributed by atoms with Gasteiger partial charge in [-0.1, -0.05) is 12.1 Å². The standard InChI is InChI=1S/C15H19N3O/c1-18(2)10-4-6-13-5-3-7-14(11-13)19-15-12-16-8-9-17-15/h3,5,7-9,11-12H,4,6,10H2,1-2H3. The molecule has 2 rings (SSSR count). The summed E-state index contributed by atoms with van der Waals surface area (Å²) in [5.74, 6) is 1.33. The van der Waals surface area contributed by atoms with Crippen molar-refractivity contribution < 1.29 is 4.74 Å². The molecule has 0 bridgehead atoms. The number of hydrogen-bond donors (Lipinski definition) is 0. The third-order valence-corrected chi connectivity index (χ3v) is 2.73. The summed E-state index contributed by atoms with van der Waals surface area (Å²) in [5, 5.41) is 0. The number of ether oxygens (including phenoxy) is 1. The lowest BCUT2D eigenvalue weighted by molar-refractivity contribution is 0.400. The van der Waals surface area contributed by atoms with Crippen LogP contribution in [-0.4, -0.2) is 35.5 Å². The zero-order valence-electron chi connectivity index (χ0n) is 11.4. The van der Waals surface area contributed by atoms with E-state index in [4.69, 9.17) is 4.74 Å². The lowest BCUT2D eigenvalue weighted by Crippen LogP contribution is -2.13. The van der Waals surface area contributed by atoms with Crippen LogP contribution in [-0.2, 0) is 6.42 Å². The second-order valence-electron chi connectivity index (χ2n) is 4.70. The van der Waals surface area contributed by atoms with E-state index in [2.05, 4.69) is 41.1 Å². The maximum absolute atomic E-state index is 5.66. The summed E-state index contributed by atoms with van der Waals surface area (Å²) in [5.41, 5.74) is 1.28. The first-order chi connectivity index (χ1) is 9.24. The van der Waals surface area contributed by atoms with Gasteiger partial charge in [-0.2, -0.15) is 0 Å². The maximum Gasteiger partial charge on any atom is 0.237 e. The van der Waals surface area contributed by atoms with E-state index in [0.29, 0.717) is 5.88 Å². The second kappa shape index (κ2) is 6.85. The van der Waals surface area contributed by atoms with Crippen LogP contribution in [0.3, 0.4) is 0 Å². The summed E-state index contributed by atoms with van der Waals surface area (Å²) >= 11 is 0. The SMILES string of the molecule is CN(C)CCCc1cccc(Oc2cnccn2)c1. The fraction of sp³-hybridized carbons (Fsp3) is 0.333. The number of hydrogen-bond acceptors (Lipinski definition) is 4. The lowest BCUT2D eigenvalue weighted by Gasteiger charge is -2.10. The molecular formula is C15H19N3O. The Morgan fingerprint density at radius 1 is 1.21 bits per heavy atom. The number of aromatic nitrogens is 2. The van der Waals surface area contributed by atoms with E-state index in [9.17, 15) is 0 Å². The highest BCUT2D eigenvalue weighted by Gasteiger charge is 2.00. The molecule has 100 valence electrons. The molecule has 4 heteroatoms. The summed E-state index contributed by atoms with van der Waals surface area (Å²) in [6, 6.07) is 8.13. The number of aryl methyl sites for hydroxylation is 1.